The molecule has 6 nitrogen and oxygen atoms in total. The topological polar surface area (TPSA) is 68.6 Å². The van der Waals surface area contributed by atoms with E-state index in [1.54, 1.807) is 22.2 Å². The third-order valence-corrected chi connectivity index (χ3v) is 9.09. The zero-order valence-corrected chi connectivity index (χ0v) is 20.6. The highest BCUT2D eigenvalue weighted by Gasteiger charge is 2.41. The smallest absolute Gasteiger partial charge is 0.330 e. The summed E-state index contributed by atoms with van der Waals surface area (Å²) < 4.78 is 34.6. The van der Waals surface area contributed by atoms with E-state index in [1.165, 1.54) is 7.11 Å². The maximum Gasteiger partial charge on any atom is 0.330 e. The van der Waals surface area contributed by atoms with Crippen molar-refractivity contribution in [1.82, 2.24) is 8.87 Å². The average Bonchev–Trinajstić information content (AvgIpc) is 3.19. The van der Waals surface area contributed by atoms with Crippen LogP contribution in [-0.2, 0) is 26.0 Å². The summed E-state index contributed by atoms with van der Waals surface area (Å²) >= 11 is 0. The monoisotopic (exact) mass is 478 g/mol. The van der Waals surface area contributed by atoms with E-state index in [1.807, 2.05) is 43.3 Å². The first kappa shape index (κ1) is 22.9. The third-order valence-electron chi connectivity index (χ3n) is 7.35. The number of hydrogen-bond donors (Lipinski definition) is 0. The second kappa shape index (κ2) is 8.71. The van der Waals surface area contributed by atoms with Crippen molar-refractivity contribution in [2.75, 3.05) is 20.2 Å². The van der Waals surface area contributed by atoms with Crippen LogP contribution in [0.3, 0.4) is 0 Å². The van der Waals surface area contributed by atoms with Crippen LogP contribution in [0.2, 0.25) is 0 Å². The Hall–Kier alpha value is -2.90. The van der Waals surface area contributed by atoms with Crippen LogP contribution < -0.4 is 0 Å². The Morgan fingerprint density at radius 1 is 1.15 bits per heavy atom. The molecule has 1 saturated heterocycles. The van der Waals surface area contributed by atoms with E-state index in [0.29, 0.717) is 11.9 Å². The van der Waals surface area contributed by atoms with Crippen molar-refractivity contribution >= 4 is 26.9 Å². The highest BCUT2D eigenvalue weighted by Crippen LogP contribution is 2.46. The summed E-state index contributed by atoms with van der Waals surface area (Å²) in [5, 5.41) is 0.990. The second-order valence-corrected chi connectivity index (χ2v) is 11.1. The molecule has 34 heavy (non-hydrogen) atoms. The fourth-order valence-electron chi connectivity index (χ4n) is 5.57. The Labute approximate surface area is 200 Å². The first-order valence-corrected chi connectivity index (χ1v) is 13.3. The molecule has 178 valence electrons. The zero-order chi connectivity index (χ0) is 24.0. The number of aromatic nitrogens is 1. The molecular formula is C27H30N2O4S. The summed E-state index contributed by atoms with van der Waals surface area (Å²) in [6, 6.07) is 14.7. The first-order chi connectivity index (χ1) is 16.3. The lowest BCUT2D eigenvalue weighted by atomic mass is 9.81. The van der Waals surface area contributed by atoms with Crippen LogP contribution in [0.5, 0.6) is 0 Å². The Morgan fingerprint density at radius 2 is 1.88 bits per heavy atom. The van der Waals surface area contributed by atoms with Gasteiger partial charge < -0.3 is 4.74 Å². The highest BCUT2D eigenvalue weighted by molar-refractivity contribution is 7.90. The Kier molecular flexibility index (Phi) is 5.86. The summed E-state index contributed by atoms with van der Waals surface area (Å²) in [6.45, 7) is 5.75. The number of para-hydroxylation sites is 1. The normalized spacial score (nSPS) is 21.9. The Morgan fingerprint density at radius 3 is 2.59 bits per heavy atom. The molecule has 0 saturated carbocycles. The molecule has 0 radical (unpaired) electrons. The van der Waals surface area contributed by atoms with Gasteiger partial charge in [0.2, 0.25) is 0 Å². The number of ether oxygens (including phenoxy) is 1. The molecule has 2 aliphatic rings. The SMILES string of the molecule is CC[C@@H]1CN2CCc3c(n(S(=O)(=O)c4ccc(C)cc4)c4ccccc34)[C@H]2C/C1=C\C(=O)OC. The molecule has 0 bridgehead atoms. The van der Waals surface area contributed by atoms with Crippen LogP contribution in [-0.4, -0.2) is 43.5 Å². The quantitative estimate of drug-likeness (QED) is 0.404. The van der Waals surface area contributed by atoms with Gasteiger partial charge in [-0.05, 0) is 55.9 Å². The predicted octanol–water partition coefficient (Wildman–Crippen LogP) is 4.62. The molecule has 0 amide bonds. The number of hydrogen-bond acceptors (Lipinski definition) is 5. The van der Waals surface area contributed by atoms with Crippen molar-refractivity contribution in [3.05, 3.63) is 77.0 Å². The standard InChI is InChI=1S/C27H30N2O4S/c1-4-19-17-28-14-13-23-22-7-5-6-8-24(22)29(34(31,32)21-11-9-18(2)10-12-21)27(23)25(28)15-20(19)16-26(30)33-3/h5-12,16,19,25H,4,13-15,17H2,1-3H3/b20-16+/t19-,25-/m1/s1. The number of carbonyl (C=O) groups is 1. The fourth-order valence-corrected chi connectivity index (χ4v) is 7.17. The van der Waals surface area contributed by atoms with E-state index in [2.05, 4.69) is 11.8 Å². The van der Waals surface area contributed by atoms with Crippen molar-refractivity contribution in [1.29, 1.82) is 0 Å². The molecule has 5 rings (SSSR count). The molecule has 3 aromatic rings. The van der Waals surface area contributed by atoms with Crippen LogP contribution in [0, 0.1) is 12.8 Å². The molecule has 7 heteroatoms. The van der Waals surface area contributed by atoms with Crippen molar-refractivity contribution < 1.29 is 17.9 Å². The van der Waals surface area contributed by atoms with Gasteiger partial charge in [-0.3, -0.25) is 4.90 Å². The van der Waals surface area contributed by atoms with E-state index in [4.69, 9.17) is 4.74 Å². The van der Waals surface area contributed by atoms with E-state index in [-0.39, 0.29) is 22.8 Å². The lowest BCUT2D eigenvalue weighted by molar-refractivity contribution is -0.135. The van der Waals surface area contributed by atoms with Crippen LogP contribution in [0.1, 0.15) is 42.6 Å². The molecule has 1 fully saturated rings. The van der Waals surface area contributed by atoms with Gasteiger partial charge in [0.25, 0.3) is 10.0 Å². The zero-order valence-electron chi connectivity index (χ0n) is 19.8. The van der Waals surface area contributed by atoms with Crippen molar-refractivity contribution in [2.24, 2.45) is 5.92 Å². The van der Waals surface area contributed by atoms with Gasteiger partial charge in [0.05, 0.1) is 29.3 Å². The number of fused-ring (bicyclic) bond motifs is 5. The van der Waals surface area contributed by atoms with E-state index in [9.17, 15) is 13.2 Å². The van der Waals surface area contributed by atoms with Gasteiger partial charge in [-0.25, -0.2) is 17.2 Å². The lowest BCUT2D eigenvalue weighted by Gasteiger charge is -2.44. The third kappa shape index (κ3) is 3.67. The number of methoxy groups -OCH3 is 1. The van der Waals surface area contributed by atoms with Crippen LogP contribution in [0.4, 0.5) is 0 Å². The maximum atomic E-state index is 14.0. The van der Waals surface area contributed by atoms with Gasteiger partial charge in [-0.2, -0.15) is 0 Å². The number of aryl methyl sites for hydroxylation is 1. The molecule has 0 aliphatic carbocycles. The predicted molar refractivity (Wildman–Crippen MR) is 132 cm³/mol. The number of carbonyl (C=O) groups excluding carboxylic acids is 1. The summed E-state index contributed by atoms with van der Waals surface area (Å²) in [6.07, 6.45) is 3.94. The van der Waals surface area contributed by atoms with E-state index in [0.717, 1.165) is 53.7 Å². The molecule has 1 aromatic heterocycles. The number of piperidine rings is 1. The van der Waals surface area contributed by atoms with Crippen LogP contribution in [0.15, 0.2) is 65.1 Å². The molecule has 2 aromatic carbocycles. The molecule has 2 aliphatic heterocycles. The largest absolute Gasteiger partial charge is 0.466 e. The number of rotatable bonds is 4. The molecule has 0 spiro atoms. The van der Waals surface area contributed by atoms with Crippen LogP contribution in [0.25, 0.3) is 10.9 Å². The molecule has 3 heterocycles. The van der Waals surface area contributed by atoms with Crippen molar-refractivity contribution in [3.8, 4) is 0 Å². The Bertz CT molecular complexity index is 1390. The first-order valence-electron chi connectivity index (χ1n) is 11.8. The van der Waals surface area contributed by atoms with Gasteiger partial charge >= 0.3 is 5.97 Å². The van der Waals surface area contributed by atoms with Crippen molar-refractivity contribution in [2.45, 2.75) is 44.0 Å². The number of benzene rings is 2. The molecule has 2 atom stereocenters. The van der Waals surface area contributed by atoms with Gasteiger partial charge in [0.15, 0.2) is 0 Å². The summed E-state index contributed by atoms with van der Waals surface area (Å²) in [7, 11) is -2.43. The molecule has 0 unspecified atom stereocenters. The fraction of sp³-hybridized carbons (Fsp3) is 0.370. The minimum absolute atomic E-state index is 0.116. The van der Waals surface area contributed by atoms with Gasteiger partial charge in [-0.15, -0.1) is 0 Å². The van der Waals surface area contributed by atoms with Crippen LogP contribution >= 0.6 is 0 Å². The highest BCUT2D eigenvalue weighted by atomic mass is 32.2. The summed E-state index contributed by atoms with van der Waals surface area (Å²) in [5.74, 6) is -0.103. The van der Waals surface area contributed by atoms with Gasteiger partial charge in [0.1, 0.15) is 0 Å². The van der Waals surface area contributed by atoms with Gasteiger partial charge in [0, 0.05) is 24.6 Å². The minimum Gasteiger partial charge on any atom is -0.466 e. The van der Waals surface area contributed by atoms with Gasteiger partial charge in [-0.1, -0.05) is 48.4 Å². The second-order valence-electron chi connectivity index (χ2n) is 9.28. The maximum absolute atomic E-state index is 14.0. The average molecular weight is 479 g/mol. The van der Waals surface area contributed by atoms with E-state index >= 15 is 0 Å². The molecule has 0 N–H and O–H groups in total. The number of nitrogens with zero attached hydrogens (tertiary/aromatic N) is 2. The van der Waals surface area contributed by atoms with Crippen molar-refractivity contribution in [3.63, 3.8) is 0 Å². The lowest BCUT2D eigenvalue weighted by Crippen LogP contribution is -2.44. The summed E-state index contributed by atoms with van der Waals surface area (Å²) in [4.78, 5) is 14.8. The minimum atomic E-state index is -3.82. The molecular weight excluding hydrogens is 448 g/mol. The number of esters is 1. The summed E-state index contributed by atoms with van der Waals surface area (Å²) in [5.41, 5.74) is 4.69. The Balaban J connectivity index is 1.72. The van der Waals surface area contributed by atoms with E-state index < -0.39 is 10.0 Å².